The lowest BCUT2D eigenvalue weighted by molar-refractivity contribution is 0.416. The third-order valence-corrected chi connectivity index (χ3v) is 3.73. The lowest BCUT2D eigenvalue weighted by Gasteiger charge is -2.18. The van der Waals surface area contributed by atoms with E-state index in [4.69, 9.17) is 4.74 Å². The van der Waals surface area contributed by atoms with E-state index in [2.05, 4.69) is 37.4 Å². The fourth-order valence-electron chi connectivity index (χ4n) is 2.39. The van der Waals surface area contributed by atoms with Crippen molar-refractivity contribution in [1.82, 2.24) is 0 Å². The van der Waals surface area contributed by atoms with Crippen molar-refractivity contribution in [3.05, 3.63) is 58.7 Å². The first-order chi connectivity index (χ1) is 10.1. The van der Waals surface area contributed by atoms with Gasteiger partial charge in [-0.05, 0) is 55.2 Å². The summed E-state index contributed by atoms with van der Waals surface area (Å²) in [6.45, 7) is 6.19. The van der Waals surface area contributed by atoms with E-state index in [1.807, 2.05) is 31.2 Å². The number of ether oxygens (including phenoxy) is 1. The fraction of sp³-hybridized carbons (Fsp3) is 0.278. The van der Waals surface area contributed by atoms with E-state index in [1.165, 1.54) is 11.1 Å². The summed E-state index contributed by atoms with van der Waals surface area (Å²) >= 11 is 0. The number of nitriles is 1. The Balaban J connectivity index is 2.37. The number of hydrogen-bond donors (Lipinski definition) is 1. The molecule has 2 aromatic rings. The number of hydrogen-bond acceptors (Lipinski definition) is 3. The van der Waals surface area contributed by atoms with Crippen molar-refractivity contribution >= 4 is 5.69 Å². The van der Waals surface area contributed by atoms with E-state index < -0.39 is 6.04 Å². The largest absolute Gasteiger partial charge is 0.495 e. The van der Waals surface area contributed by atoms with Gasteiger partial charge in [-0.3, -0.25) is 0 Å². The molecule has 1 unspecified atom stereocenters. The minimum Gasteiger partial charge on any atom is -0.495 e. The molecule has 0 aliphatic carbocycles. The highest BCUT2D eigenvalue weighted by molar-refractivity contribution is 5.59. The number of para-hydroxylation sites is 2. The molecule has 0 amide bonds. The highest BCUT2D eigenvalue weighted by Crippen LogP contribution is 2.29. The number of nitrogens with zero attached hydrogens (tertiary/aromatic N) is 1. The Morgan fingerprint density at radius 3 is 2.38 bits per heavy atom. The van der Waals surface area contributed by atoms with E-state index in [9.17, 15) is 5.26 Å². The Bertz CT molecular complexity index is 686. The zero-order chi connectivity index (χ0) is 15.4. The van der Waals surface area contributed by atoms with E-state index in [1.54, 1.807) is 7.11 Å². The molecular formula is C18H20N2O. The molecule has 0 saturated carbocycles. The van der Waals surface area contributed by atoms with Crippen LogP contribution in [0.25, 0.3) is 0 Å². The van der Waals surface area contributed by atoms with Crippen molar-refractivity contribution < 1.29 is 4.74 Å². The lowest BCUT2D eigenvalue weighted by Crippen LogP contribution is -2.11. The van der Waals surface area contributed by atoms with Gasteiger partial charge in [-0.15, -0.1) is 0 Å². The standard InChI is InChI=1S/C18H20N2O/c1-12-9-14(3)15(10-13(12)2)17(11-19)20-16-7-5-6-8-18(16)21-4/h5-10,17,20H,1-4H3. The van der Waals surface area contributed by atoms with Crippen molar-refractivity contribution in [2.45, 2.75) is 26.8 Å². The molecule has 0 aliphatic rings. The summed E-state index contributed by atoms with van der Waals surface area (Å²) in [6.07, 6.45) is 0. The molecule has 108 valence electrons. The number of aryl methyl sites for hydroxylation is 3. The molecule has 21 heavy (non-hydrogen) atoms. The van der Waals surface area contributed by atoms with Gasteiger partial charge in [0.2, 0.25) is 0 Å². The van der Waals surface area contributed by atoms with Crippen LogP contribution in [0, 0.1) is 32.1 Å². The van der Waals surface area contributed by atoms with Crippen LogP contribution in [0.15, 0.2) is 36.4 Å². The number of nitrogens with one attached hydrogen (secondary N) is 1. The van der Waals surface area contributed by atoms with Gasteiger partial charge in [0.15, 0.2) is 0 Å². The average molecular weight is 280 g/mol. The minimum absolute atomic E-state index is 0.402. The van der Waals surface area contributed by atoms with Crippen molar-refractivity contribution in [3.63, 3.8) is 0 Å². The molecule has 0 aromatic heterocycles. The van der Waals surface area contributed by atoms with E-state index >= 15 is 0 Å². The summed E-state index contributed by atoms with van der Waals surface area (Å²) in [5, 5.41) is 12.8. The third-order valence-electron chi connectivity index (χ3n) is 3.73. The highest BCUT2D eigenvalue weighted by Gasteiger charge is 2.15. The van der Waals surface area contributed by atoms with Crippen LogP contribution >= 0.6 is 0 Å². The molecule has 2 rings (SSSR count). The van der Waals surface area contributed by atoms with Gasteiger partial charge in [0, 0.05) is 0 Å². The first-order valence-corrected chi connectivity index (χ1v) is 6.93. The second-order valence-electron chi connectivity index (χ2n) is 5.20. The highest BCUT2D eigenvalue weighted by atomic mass is 16.5. The van der Waals surface area contributed by atoms with Crippen LogP contribution in [-0.2, 0) is 0 Å². The molecule has 0 heterocycles. The molecule has 3 nitrogen and oxygen atoms in total. The summed E-state index contributed by atoms with van der Waals surface area (Å²) in [5.41, 5.74) is 5.38. The summed E-state index contributed by atoms with van der Waals surface area (Å²) in [4.78, 5) is 0. The monoisotopic (exact) mass is 280 g/mol. The van der Waals surface area contributed by atoms with E-state index in [-0.39, 0.29) is 0 Å². The van der Waals surface area contributed by atoms with Gasteiger partial charge in [-0.25, -0.2) is 0 Å². The van der Waals surface area contributed by atoms with Crippen molar-refractivity contribution in [2.75, 3.05) is 12.4 Å². The van der Waals surface area contributed by atoms with Crippen LogP contribution in [0.2, 0.25) is 0 Å². The zero-order valence-corrected chi connectivity index (χ0v) is 12.9. The fourth-order valence-corrected chi connectivity index (χ4v) is 2.39. The Morgan fingerprint density at radius 1 is 1.05 bits per heavy atom. The molecular weight excluding hydrogens is 260 g/mol. The van der Waals surface area contributed by atoms with Gasteiger partial charge in [0.25, 0.3) is 0 Å². The smallest absolute Gasteiger partial charge is 0.141 e. The maximum Gasteiger partial charge on any atom is 0.141 e. The van der Waals surface area contributed by atoms with E-state index in [0.717, 1.165) is 22.6 Å². The maximum atomic E-state index is 9.54. The quantitative estimate of drug-likeness (QED) is 0.908. The number of benzene rings is 2. The molecule has 0 fully saturated rings. The summed E-state index contributed by atoms with van der Waals surface area (Å²) in [7, 11) is 1.63. The molecule has 1 atom stereocenters. The van der Waals surface area contributed by atoms with Gasteiger partial charge >= 0.3 is 0 Å². The Hall–Kier alpha value is -2.47. The zero-order valence-electron chi connectivity index (χ0n) is 12.9. The van der Waals surface area contributed by atoms with Crippen molar-refractivity contribution in [3.8, 4) is 11.8 Å². The summed E-state index contributed by atoms with van der Waals surface area (Å²) < 4.78 is 5.33. The summed E-state index contributed by atoms with van der Waals surface area (Å²) in [5.74, 6) is 0.735. The topological polar surface area (TPSA) is 45.0 Å². The second-order valence-corrected chi connectivity index (χ2v) is 5.20. The molecule has 0 radical (unpaired) electrons. The average Bonchev–Trinajstić information content (AvgIpc) is 2.49. The Morgan fingerprint density at radius 2 is 1.71 bits per heavy atom. The maximum absolute atomic E-state index is 9.54. The number of rotatable bonds is 4. The molecule has 0 saturated heterocycles. The molecule has 0 bridgehead atoms. The Labute approximate surface area is 126 Å². The van der Waals surface area contributed by atoms with Crippen molar-refractivity contribution in [2.24, 2.45) is 0 Å². The van der Waals surface area contributed by atoms with Crippen LogP contribution in [0.3, 0.4) is 0 Å². The van der Waals surface area contributed by atoms with E-state index in [0.29, 0.717) is 0 Å². The molecule has 1 N–H and O–H groups in total. The second kappa shape index (κ2) is 6.32. The van der Waals surface area contributed by atoms with Gasteiger partial charge < -0.3 is 10.1 Å². The van der Waals surface area contributed by atoms with Gasteiger partial charge in [-0.2, -0.15) is 5.26 Å². The molecule has 0 aliphatic heterocycles. The van der Waals surface area contributed by atoms with Crippen LogP contribution in [0.1, 0.15) is 28.3 Å². The SMILES string of the molecule is COc1ccccc1NC(C#N)c1cc(C)c(C)cc1C. The van der Waals surface area contributed by atoms with Crippen LogP contribution < -0.4 is 10.1 Å². The van der Waals surface area contributed by atoms with Gasteiger partial charge in [0.1, 0.15) is 11.8 Å². The van der Waals surface area contributed by atoms with Crippen LogP contribution in [0.4, 0.5) is 5.69 Å². The minimum atomic E-state index is -0.402. The lowest BCUT2D eigenvalue weighted by atomic mass is 9.96. The Kier molecular flexibility index (Phi) is 4.49. The third kappa shape index (κ3) is 3.17. The number of methoxy groups -OCH3 is 1. The molecule has 2 aromatic carbocycles. The molecule has 3 heteroatoms. The van der Waals surface area contributed by atoms with Gasteiger partial charge in [-0.1, -0.05) is 24.3 Å². The number of anilines is 1. The summed E-state index contributed by atoms with van der Waals surface area (Å²) in [6, 6.07) is 13.8. The molecule has 0 spiro atoms. The predicted octanol–water partition coefficient (Wildman–Crippen LogP) is 4.30. The van der Waals surface area contributed by atoms with Gasteiger partial charge in [0.05, 0.1) is 18.9 Å². The van der Waals surface area contributed by atoms with Crippen LogP contribution in [0.5, 0.6) is 5.75 Å². The normalized spacial score (nSPS) is 11.6. The first-order valence-electron chi connectivity index (χ1n) is 6.93. The predicted molar refractivity (Wildman–Crippen MR) is 85.6 cm³/mol. The first kappa shape index (κ1) is 14.9. The van der Waals surface area contributed by atoms with Crippen LogP contribution in [-0.4, -0.2) is 7.11 Å². The van der Waals surface area contributed by atoms with Crippen molar-refractivity contribution in [1.29, 1.82) is 5.26 Å².